The number of hydrogen-bond donors (Lipinski definition) is 1. The Morgan fingerprint density at radius 3 is 2.79 bits per heavy atom. The molecule has 0 saturated carbocycles. The van der Waals surface area contributed by atoms with Crippen LogP contribution in [0.3, 0.4) is 0 Å². The van der Waals surface area contributed by atoms with E-state index in [2.05, 4.69) is 17.3 Å². The van der Waals surface area contributed by atoms with E-state index in [4.69, 9.17) is 9.97 Å². The van der Waals surface area contributed by atoms with Crippen LogP contribution < -0.4 is 5.32 Å². The number of amides is 1. The first kappa shape index (κ1) is 18.9. The molecule has 1 saturated heterocycles. The van der Waals surface area contributed by atoms with Gasteiger partial charge in [-0.25, -0.2) is 9.97 Å². The Hall–Kier alpha value is -2.47. The maximum absolute atomic E-state index is 12.8. The number of likely N-dealkylation sites (tertiary alicyclic amines) is 1. The summed E-state index contributed by atoms with van der Waals surface area (Å²) >= 11 is 0. The third-order valence-electron chi connectivity index (χ3n) is 5.85. The first-order valence-corrected chi connectivity index (χ1v) is 10.2. The molecule has 6 nitrogen and oxygen atoms in total. The van der Waals surface area contributed by atoms with Gasteiger partial charge in [-0.1, -0.05) is 30.3 Å². The summed E-state index contributed by atoms with van der Waals surface area (Å²) in [4.78, 5) is 26.9. The molecule has 0 bridgehead atoms. The topological polar surface area (TPSA) is 61.4 Å². The average molecular weight is 380 g/mol. The molecule has 0 unspecified atom stereocenters. The fourth-order valence-corrected chi connectivity index (χ4v) is 4.29. The van der Waals surface area contributed by atoms with Crippen molar-refractivity contribution in [3.8, 4) is 0 Å². The molecule has 6 heteroatoms. The van der Waals surface area contributed by atoms with Crippen LogP contribution in [0.15, 0.2) is 30.3 Å². The van der Waals surface area contributed by atoms with Gasteiger partial charge in [0.1, 0.15) is 11.6 Å². The number of carbonyl (C=O) groups is 1. The van der Waals surface area contributed by atoms with E-state index in [1.807, 2.05) is 42.3 Å². The van der Waals surface area contributed by atoms with Crippen LogP contribution in [0.25, 0.3) is 0 Å². The Bertz CT molecular complexity index is 821. The maximum Gasteiger partial charge on any atom is 0.227 e. The van der Waals surface area contributed by atoms with Gasteiger partial charge in [0.2, 0.25) is 5.91 Å². The Balaban J connectivity index is 1.52. The molecule has 28 heavy (non-hydrogen) atoms. The molecule has 4 rings (SSSR count). The predicted octanol–water partition coefficient (Wildman–Crippen LogP) is 2.45. The zero-order valence-electron chi connectivity index (χ0n) is 16.8. The standard InChI is InChI=1S/C22H29N5O/c1-23-22-18-15-27(20(28)13-16-7-4-3-5-8-16)12-10-19(18)24-21(25-22)17-9-6-11-26(2)14-17/h3-5,7-8,17H,6,9-15H2,1-2H3,(H,23,24,25)/t17-/m1/s1. The van der Waals surface area contributed by atoms with Crippen molar-refractivity contribution in [3.63, 3.8) is 0 Å². The number of piperidine rings is 1. The van der Waals surface area contributed by atoms with Gasteiger partial charge >= 0.3 is 0 Å². The Labute approximate surface area is 167 Å². The zero-order chi connectivity index (χ0) is 19.5. The van der Waals surface area contributed by atoms with E-state index in [1.54, 1.807) is 0 Å². The lowest BCUT2D eigenvalue weighted by Crippen LogP contribution is -2.38. The Morgan fingerprint density at radius 1 is 1.21 bits per heavy atom. The summed E-state index contributed by atoms with van der Waals surface area (Å²) in [5.74, 6) is 2.40. The van der Waals surface area contributed by atoms with Gasteiger partial charge in [0.25, 0.3) is 0 Å². The fraction of sp³-hybridized carbons (Fsp3) is 0.500. The quantitative estimate of drug-likeness (QED) is 0.884. The number of rotatable bonds is 4. The lowest BCUT2D eigenvalue weighted by atomic mass is 9.96. The van der Waals surface area contributed by atoms with Gasteiger partial charge in [0, 0.05) is 38.0 Å². The first-order valence-electron chi connectivity index (χ1n) is 10.2. The molecule has 2 aromatic rings. The van der Waals surface area contributed by atoms with E-state index in [1.165, 1.54) is 6.42 Å². The van der Waals surface area contributed by atoms with Crippen LogP contribution >= 0.6 is 0 Å². The second kappa shape index (κ2) is 8.27. The lowest BCUT2D eigenvalue weighted by molar-refractivity contribution is -0.131. The van der Waals surface area contributed by atoms with Crippen LogP contribution in [0.4, 0.5) is 5.82 Å². The normalized spacial score (nSPS) is 19.9. The number of hydrogen-bond acceptors (Lipinski definition) is 5. The predicted molar refractivity (Wildman–Crippen MR) is 110 cm³/mol. The number of likely N-dealkylation sites (N-methyl/N-ethyl adjacent to an activating group) is 1. The van der Waals surface area contributed by atoms with Gasteiger partial charge in [-0.2, -0.15) is 0 Å². The molecule has 2 aliphatic heterocycles. The number of fused-ring (bicyclic) bond motifs is 1. The molecular formula is C22H29N5O. The number of aromatic nitrogens is 2. The van der Waals surface area contributed by atoms with E-state index in [9.17, 15) is 4.79 Å². The highest BCUT2D eigenvalue weighted by molar-refractivity contribution is 5.79. The van der Waals surface area contributed by atoms with Crippen molar-refractivity contribution in [1.29, 1.82) is 0 Å². The molecule has 1 aromatic heterocycles. The van der Waals surface area contributed by atoms with Crippen molar-refractivity contribution in [2.45, 2.75) is 38.1 Å². The third-order valence-corrected chi connectivity index (χ3v) is 5.85. The molecule has 0 radical (unpaired) electrons. The smallest absolute Gasteiger partial charge is 0.227 e. The van der Waals surface area contributed by atoms with Crippen molar-refractivity contribution < 1.29 is 4.79 Å². The molecule has 1 amide bonds. The van der Waals surface area contributed by atoms with Gasteiger partial charge < -0.3 is 15.1 Å². The van der Waals surface area contributed by atoms with Gasteiger partial charge in [-0.15, -0.1) is 0 Å². The molecule has 0 aliphatic carbocycles. The molecule has 0 spiro atoms. The van der Waals surface area contributed by atoms with Crippen molar-refractivity contribution in [1.82, 2.24) is 19.8 Å². The number of nitrogens with one attached hydrogen (secondary N) is 1. The minimum Gasteiger partial charge on any atom is -0.373 e. The Morgan fingerprint density at radius 2 is 2.04 bits per heavy atom. The van der Waals surface area contributed by atoms with E-state index >= 15 is 0 Å². The summed E-state index contributed by atoms with van der Waals surface area (Å²) in [5.41, 5.74) is 3.23. The zero-order valence-corrected chi connectivity index (χ0v) is 16.8. The fourth-order valence-electron chi connectivity index (χ4n) is 4.29. The van der Waals surface area contributed by atoms with Crippen LogP contribution in [-0.2, 0) is 24.2 Å². The van der Waals surface area contributed by atoms with Gasteiger partial charge in [0.15, 0.2) is 0 Å². The molecule has 2 aliphatic rings. The molecule has 3 heterocycles. The monoisotopic (exact) mass is 379 g/mol. The summed E-state index contributed by atoms with van der Waals surface area (Å²) < 4.78 is 0. The largest absolute Gasteiger partial charge is 0.373 e. The van der Waals surface area contributed by atoms with Crippen molar-refractivity contribution in [2.75, 3.05) is 39.0 Å². The summed E-state index contributed by atoms with van der Waals surface area (Å²) in [6, 6.07) is 9.94. The highest BCUT2D eigenvalue weighted by atomic mass is 16.2. The molecule has 1 aromatic carbocycles. The average Bonchev–Trinajstić information content (AvgIpc) is 2.73. The van der Waals surface area contributed by atoms with E-state index < -0.39 is 0 Å². The molecule has 1 N–H and O–H groups in total. The highest BCUT2D eigenvalue weighted by Crippen LogP contribution is 2.29. The number of nitrogens with zero attached hydrogens (tertiary/aromatic N) is 4. The van der Waals surface area contributed by atoms with Crippen LogP contribution in [0.1, 0.15) is 41.4 Å². The van der Waals surface area contributed by atoms with Crippen molar-refractivity contribution >= 4 is 11.7 Å². The minimum absolute atomic E-state index is 0.164. The van der Waals surface area contributed by atoms with Gasteiger partial charge in [-0.3, -0.25) is 4.79 Å². The van der Waals surface area contributed by atoms with Crippen LogP contribution in [0.2, 0.25) is 0 Å². The van der Waals surface area contributed by atoms with Crippen molar-refractivity contribution in [2.24, 2.45) is 0 Å². The SMILES string of the molecule is CNc1nc([C@@H]2CCCN(C)C2)nc2c1CN(C(=O)Cc1ccccc1)CC2. The lowest BCUT2D eigenvalue weighted by Gasteiger charge is -2.32. The van der Waals surface area contributed by atoms with Crippen LogP contribution in [0.5, 0.6) is 0 Å². The maximum atomic E-state index is 12.8. The third kappa shape index (κ3) is 4.02. The minimum atomic E-state index is 0.164. The van der Waals surface area contributed by atoms with Gasteiger partial charge in [-0.05, 0) is 32.0 Å². The van der Waals surface area contributed by atoms with Crippen molar-refractivity contribution in [3.05, 3.63) is 53.0 Å². The molecule has 1 fully saturated rings. The summed E-state index contributed by atoms with van der Waals surface area (Å²) in [5, 5.41) is 3.25. The summed E-state index contributed by atoms with van der Waals surface area (Å²) in [6.07, 6.45) is 3.58. The second-order valence-corrected chi connectivity index (χ2v) is 7.93. The van der Waals surface area contributed by atoms with E-state index in [-0.39, 0.29) is 5.91 Å². The molecular weight excluding hydrogens is 350 g/mol. The number of carbonyl (C=O) groups excluding carboxylic acids is 1. The van der Waals surface area contributed by atoms with Crippen LogP contribution in [0, 0.1) is 0 Å². The molecule has 148 valence electrons. The number of benzene rings is 1. The number of anilines is 1. The Kier molecular flexibility index (Phi) is 5.57. The first-order chi connectivity index (χ1) is 13.6. The van der Waals surface area contributed by atoms with Gasteiger partial charge in [0.05, 0.1) is 18.7 Å². The highest BCUT2D eigenvalue weighted by Gasteiger charge is 2.28. The summed E-state index contributed by atoms with van der Waals surface area (Å²) in [7, 11) is 4.07. The van der Waals surface area contributed by atoms with E-state index in [0.717, 1.165) is 60.9 Å². The van der Waals surface area contributed by atoms with E-state index in [0.29, 0.717) is 18.9 Å². The molecule has 1 atom stereocenters. The summed E-state index contributed by atoms with van der Waals surface area (Å²) in [6.45, 7) is 3.48. The van der Waals surface area contributed by atoms with Crippen LogP contribution in [-0.4, -0.2) is 59.4 Å². The second-order valence-electron chi connectivity index (χ2n) is 7.93.